The molecule has 276 valence electrons. The van der Waals surface area contributed by atoms with Gasteiger partial charge in [-0.15, -0.1) is 0 Å². The van der Waals surface area contributed by atoms with Gasteiger partial charge in [-0.1, -0.05) is 87.0 Å². The van der Waals surface area contributed by atoms with Crippen LogP contribution in [0.5, 0.6) is 0 Å². The third-order valence-corrected chi connectivity index (χ3v) is 8.69. The van der Waals surface area contributed by atoms with Gasteiger partial charge in [-0.3, -0.25) is 15.2 Å². The van der Waals surface area contributed by atoms with Crippen LogP contribution in [0.4, 0.5) is 9.59 Å². The largest absolute Gasteiger partial charge is 0.453 e. The number of alkyl carbamates (subject to hydrolysis) is 1. The molecule has 3 heterocycles. The minimum atomic E-state index is -1.07. The monoisotopic (exact) mass is 705 g/mol. The Bertz CT molecular complexity index is 1540. The number of benzene rings is 2. The molecule has 4 N–H and O–H groups in total. The molecular formula is C38H51N5O8. The zero-order chi connectivity index (χ0) is 37.0. The Morgan fingerprint density at radius 1 is 0.980 bits per heavy atom. The van der Waals surface area contributed by atoms with E-state index < -0.39 is 47.8 Å². The van der Waals surface area contributed by atoms with Crippen LogP contribution in [-0.4, -0.2) is 90.6 Å². The van der Waals surface area contributed by atoms with Crippen LogP contribution in [0, 0.1) is 18.3 Å². The lowest BCUT2D eigenvalue weighted by molar-refractivity contribution is -0.127. The van der Waals surface area contributed by atoms with Crippen molar-refractivity contribution in [1.29, 1.82) is 0 Å². The number of amides is 3. The third kappa shape index (κ3) is 12.0. The highest BCUT2D eigenvalue weighted by Gasteiger charge is 2.44. The molecule has 2 aliphatic heterocycles. The lowest BCUT2D eigenvalue weighted by Gasteiger charge is -2.33. The normalized spacial score (nSPS) is 19.8. The first-order valence-electron chi connectivity index (χ1n) is 17.1. The van der Waals surface area contributed by atoms with E-state index in [1.807, 2.05) is 42.6 Å². The number of carbonyl (C=O) groups excluding carboxylic acids is 3. The molecule has 2 aliphatic rings. The van der Waals surface area contributed by atoms with Gasteiger partial charge < -0.3 is 34.7 Å². The molecule has 3 aromatic rings. The summed E-state index contributed by atoms with van der Waals surface area (Å²) in [5.74, 6) is -0.468. The molecule has 5 unspecified atom stereocenters. The maximum Gasteiger partial charge on any atom is 0.422 e. The number of pyridine rings is 1. The summed E-state index contributed by atoms with van der Waals surface area (Å²) < 4.78 is 21.3. The zero-order valence-electron chi connectivity index (χ0n) is 30.2. The molecule has 13 nitrogen and oxygen atoms in total. The van der Waals surface area contributed by atoms with Gasteiger partial charge in [0.15, 0.2) is 6.29 Å². The average molecular weight is 706 g/mol. The van der Waals surface area contributed by atoms with E-state index in [-0.39, 0.29) is 25.4 Å². The first-order valence-corrected chi connectivity index (χ1v) is 17.1. The summed E-state index contributed by atoms with van der Waals surface area (Å²) in [6, 6.07) is 20.3. The summed E-state index contributed by atoms with van der Waals surface area (Å²) in [7, 11) is 1.22. The highest BCUT2D eigenvalue weighted by atomic mass is 16.7. The Labute approximate surface area is 300 Å². The molecule has 0 aliphatic carbocycles. The Kier molecular flexibility index (Phi) is 14.3. The molecule has 1 aromatic heterocycles. The number of aliphatic hydroxyl groups excluding tert-OH is 1. The molecule has 0 spiro atoms. The lowest BCUT2D eigenvalue weighted by atomic mass is 9.86. The maximum absolute atomic E-state index is 13.0. The predicted molar refractivity (Wildman–Crippen MR) is 191 cm³/mol. The fourth-order valence-electron chi connectivity index (χ4n) is 5.71. The van der Waals surface area contributed by atoms with Crippen molar-refractivity contribution in [3.63, 3.8) is 0 Å². The van der Waals surface area contributed by atoms with E-state index in [0.29, 0.717) is 13.2 Å². The minimum Gasteiger partial charge on any atom is -0.453 e. The summed E-state index contributed by atoms with van der Waals surface area (Å²) in [6.45, 7) is 10.3. The van der Waals surface area contributed by atoms with Crippen LogP contribution in [0.25, 0.3) is 11.1 Å². The van der Waals surface area contributed by atoms with Crippen LogP contribution in [0.2, 0.25) is 0 Å². The Morgan fingerprint density at radius 3 is 2.35 bits per heavy atom. The maximum atomic E-state index is 13.0. The molecule has 3 amide bonds. The second-order valence-corrected chi connectivity index (χ2v) is 13.9. The number of fused-ring (bicyclic) bond motifs is 1. The number of ether oxygens (including phenoxy) is 4. The first kappa shape index (κ1) is 39.2. The van der Waals surface area contributed by atoms with Gasteiger partial charge in [0, 0.05) is 25.5 Å². The Balaban J connectivity index is 0.000000372. The number of hydrazine groups is 1. The van der Waals surface area contributed by atoms with Crippen molar-refractivity contribution in [2.24, 2.45) is 11.3 Å². The molecule has 13 heteroatoms. The minimum absolute atomic E-state index is 0.00138. The second kappa shape index (κ2) is 18.6. The van der Waals surface area contributed by atoms with Gasteiger partial charge in [-0.25, -0.2) is 14.6 Å². The van der Waals surface area contributed by atoms with E-state index in [9.17, 15) is 19.5 Å². The predicted octanol–water partition coefficient (Wildman–Crippen LogP) is 4.58. The standard InChI is InChI=1S/C26H40N4O8.C12H11N/c1-16(27-22(32)21(26(2,3)4)28-24(33)35-5)19(31)14-30(13-17-9-7-6-8-10-17)29-25(34)38-20-15-37-23-18(20)11-12-36-23;1-10-4-6-11(7-5-10)12-3-2-8-13-9-12/h6-10,16,18-21,23,31H,11-15H2,1-5H3,(H,27,32)(H,28,33)(H,29,34);2-9H,1H3/t16-,18?,19?,20?,21?,23?;/m0./s1. The molecule has 5 rings (SSSR count). The molecule has 0 radical (unpaired) electrons. The first-order chi connectivity index (χ1) is 24.3. The third-order valence-electron chi connectivity index (χ3n) is 8.69. The number of hydrogen-bond donors (Lipinski definition) is 4. The van der Waals surface area contributed by atoms with Crippen molar-refractivity contribution in [1.82, 2.24) is 26.1 Å². The number of aryl methyl sites for hydroxylation is 1. The summed E-state index contributed by atoms with van der Waals surface area (Å²) in [5, 5.41) is 17.8. The van der Waals surface area contributed by atoms with E-state index in [4.69, 9.17) is 14.2 Å². The Hall–Kier alpha value is -4.56. The summed E-state index contributed by atoms with van der Waals surface area (Å²) in [4.78, 5) is 41.6. The molecular weight excluding hydrogens is 654 g/mol. The van der Waals surface area contributed by atoms with Crippen LogP contribution in [0.15, 0.2) is 79.1 Å². The molecule has 2 aromatic carbocycles. The summed E-state index contributed by atoms with van der Waals surface area (Å²) in [6.07, 6.45) is 1.21. The van der Waals surface area contributed by atoms with Gasteiger partial charge in [-0.2, -0.15) is 0 Å². The van der Waals surface area contributed by atoms with Crippen LogP contribution in [-0.2, 0) is 30.3 Å². The number of nitrogens with one attached hydrogen (secondary N) is 3. The second-order valence-electron chi connectivity index (χ2n) is 13.9. The van der Waals surface area contributed by atoms with Crippen LogP contribution < -0.4 is 16.1 Å². The Morgan fingerprint density at radius 2 is 1.71 bits per heavy atom. The molecule has 0 bridgehead atoms. The highest BCUT2D eigenvalue weighted by Crippen LogP contribution is 2.33. The van der Waals surface area contributed by atoms with E-state index in [2.05, 4.69) is 63.0 Å². The number of methoxy groups -OCH3 is 1. The molecule has 6 atom stereocenters. The fraction of sp³-hybridized carbons (Fsp3) is 0.474. The SMILES string of the molecule is COC(=O)NC(C(=O)N[C@@H](C)C(O)CN(Cc1ccccc1)NC(=O)OC1COC2OCCC12)C(C)(C)C.Cc1ccc(-c2cccnc2)cc1. The van der Waals surface area contributed by atoms with Crippen LogP contribution >= 0.6 is 0 Å². The van der Waals surface area contributed by atoms with Crippen molar-refractivity contribution >= 4 is 18.1 Å². The van der Waals surface area contributed by atoms with Gasteiger partial charge >= 0.3 is 12.2 Å². The number of hydrogen-bond acceptors (Lipinski definition) is 10. The molecule has 2 saturated heterocycles. The molecule has 51 heavy (non-hydrogen) atoms. The summed E-state index contributed by atoms with van der Waals surface area (Å²) >= 11 is 0. The van der Waals surface area contributed by atoms with E-state index in [1.165, 1.54) is 28.8 Å². The quantitative estimate of drug-likeness (QED) is 0.208. The van der Waals surface area contributed by atoms with Crippen LogP contribution in [0.3, 0.4) is 0 Å². The topological polar surface area (TPSA) is 161 Å². The fourth-order valence-corrected chi connectivity index (χ4v) is 5.71. The zero-order valence-corrected chi connectivity index (χ0v) is 30.2. The number of nitrogens with zero attached hydrogens (tertiary/aromatic N) is 2. The van der Waals surface area contributed by atoms with Crippen molar-refractivity contribution in [2.45, 2.75) is 78.2 Å². The van der Waals surface area contributed by atoms with E-state index in [1.54, 1.807) is 33.9 Å². The number of rotatable bonds is 11. The van der Waals surface area contributed by atoms with Gasteiger partial charge in [0.2, 0.25) is 5.91 Å². The average Bonchev–Trinajstić information content (AvgIpc) is 3.73. The smallest absolute Gasteiger partial charge is 0.422 e. The molecule has 0 saturated carbocycles. The lowest BCUT2D eigenvalue weighted by Crippen LogP contribution is -2.58. The van der Waals surface area contributed by atoms with Gasteiger partial charge in [0.05, 0.1) is 38.4 Å². The number of aromatic nitrogens is 1. The highest BCUT2D eigenvalue weighted by molar-refractivity contribution is 5.86. The van der Waals surface area contributed by atoms with Crippen molar-refractivity contribution in [2.75, 3.05) is 26.9 Å². The van der Waals surface area contributed by atoms with Crippen molar-refractivity contribution in [3.05, 3.63) is 90.3 Å². The van der Waals surface area contributed by atoms with Gasteiger partial charge in [0.25, 0.3) is 0 Å². The van der Waals surface area contributed by atoms with Crippen molar-refractivity contribution < 1.29 is 38.4 Å². The number of aliphatic hydroxyl groups is 1. The van der Waals surface area contributed by atoms with E-state index >= 15 is 0 Å². The van der Waals surface area contributed by atoms with Crippen molar-refractivity contribution in [3.8, 4) is 11.1 Å². The van der Waals surface area contributed by atoms with Gasteiger partial charge in [-0.05, 0) is 48.4 Å². The van der Waals surface area contributed by atoms with E-state index in [0.717, 1.165) is 12.0 Å². The number of carbonyl (C=O) groups is 3. The molecule has 2 fully saturated rings. The van der Waals surface area contributed by atoms with Crippen LogP contribution in [0.1, 0.15) is 45.2 Å². The summed E-state index contributed by atoms with van der Waals surface area (Å²) in [5.41, 5.74) is 6.69. The van der Waals surface area contributed by atoms with Gasteiger partial charge in [0.1, 0.15) is 12.1 Å².